The number of para-hydroxylation sites is 1. The van der Waals surface area contributed by atoms with Gasteiger partial charge in [0, 0.05) is 18.1 Å². The Morgan fingerprint density at radius 1 is 1.37 bits per heavy atom. The summed E-state index contributed by atoms with van der Waals surface area (Å²) in [5, 5.41) is 3.92. The van der Waals surface area contributed by atoms with Crippen LogP contribution < -0.4 is 5.32 Å². The first-order valence-electron chi connectivity index (χ1n) is 6.06. The fraction of sp³-hybridized carbons (Fsp3) is 0.286. The van der Waals surface area contributed by atoms with Gasteiger partial charge in [0.2, 0.25) is 5.91 Å². The van der Waals surface area contributed by atoms with Crippen molar-refractivity contribution in [3.05, 3.63) is 42.1 Å². The second-order valence-corrected chi connectivity index (χ2v) is 6.27. The van der Waals surface area contributed by atoms with E-state index in [0.717, 1.165) is 16.5 Å². The average Bonchev–Trinajstić information content (AvgIpc) is 3.05. The van der Waals surface area contributed by atoms with Gasteiger partial charge >= 0.3 is 0 Å². The number of carbonyl (C=O) groups is 1. The molecule has 0 radical (unpaired) electrons. The molecule has 98 valence electrons. The van der Waals surface area contributed by atoms with Crippen LogP contribution in [0.4, 0.5) is 0 Å². The summed E-state index contributed by atoms with van der Waals surface area (Å²) in [5.74, 6) is -0.380. The number of hydrogen-bond donors (Lipinski definition) is 1. The molecule has 1 heterocycles. The molecule has 2 aromatic rings. The molecule has 3 nitrogen and oxygen atoms in total. The molecule has 1 aromatic carbocycles. The zero-order valence-corrected chi connectivity index (χ0v) is 11.6. The lowest BCUT2D eigenvalue weighted by atomic mass is 10.1. The van der Waals surface area contributed by atoms with Crippen molar-refractivity contribution in [2.45, 2.75) is 17.3 Å². The van der Waals surface area contributed by atoms with Crippen LogP contribution in [0.5, 0.6) is 0 Å². The van der Waals surface area contributed by atoms with Crippen molar-refractivity contribution >= 4 is 40.0 Å². The molecule has 5 heteroatoms. The van der Waals surface area contributed by atoms with Crippen molar-refractivity contribution in [1.29, 1.82) is 0 Å². The van der Waals surface area contributed by atoms with Crippen molar-refractivity contribution in [3.63, 3.8) is 0 Å². The van der Waals surface area contributed by atoms with Gasteiger partial charge in [-0.05, 0) is 24.1 Å². The SMILES string of the molecule is O=C(NCc1ccnc2ccccc12)C1CC1(Cl)Cl. The maximum Gasteiger partial charge on any atom is 0.226 e. The third-order valence-electron chi connectivity index (χ3n) is 3.33. The fourth-order valence-corrected chi connectivity index (χ4v) is 2.62. The van der Waals surface area contributed by atoms with E-state index >= 15 is 0 Å². The number of pyridine rings is 1. The van der Waals surface area contributed by atoms with Crippen LogP contribution in [0, 0.1) is 5.92 Å². The summed E-state index contributed by atoms with van der Waals surface area (Å²) in [6.07, 6.45) is 2.27. The summed E-state index contributed by atoms with van der Waals surface area (Å²) in [5.41, 5.74) is 1.96. The van der Waals surface area contributed by atoms with E-state index in [9.17, 15) is 4.79 Å². The first-order chi connectivity index (χ1) is 9.08. The molecule has 1 amide bonds. The number of nitrogens with one attached hydrogen (secondary N) is 1. The van der Waals surface area contributed by atoms with Gasteiger partial charge in [0.25, 0.3) is 0 Å². The highest BCUT2D eigenvalue weighted by Crippen LogP contribution is 2.53. The average molecular weight is 295 g/mol. The molecule has 1 fully saturated rings. The van der Waals surface area contributed by atoms with Gasteiger partial charge in [-0.3, -0.25) is 9.78 Å². The predicted molar refractivity (Wildman–Crippen MR) is 76.1 cm³/mol. The molecule has 1 aliphatic carbocycles. The number of rotatable bonds is 3. The number of benzene rings is 1. The van der Waals surface area contributed by atoms with E-state index in [0.29, 0.717) is 13.0 Å². The zero-order valence-electron chi connectivity index (χ0n) is 10.1. The molecule has 19 heavy (non-hydrogen) atoms. The Morgan fingerprint density at radius 2 is 2.11 bits per heavy atom. The van der Waals surface area contributed by atoms with Crippen LogP contribution in [0.1, 0.15) is 12.0 Å². The Hall–Kier alpha value is -1.32. The number of aromatic nitrogens is 1. The van der Waals surface area contributed by atoms with Crippen molar-refractivity contribution in [2.75, 3.05) is 0 Å². The minimum Gasteiger partial charge on any atom is -0.352 e. The second kappa shape index (κ2) is 4.66. The normalized spacial score (nSPS) is 20.2. The molecule has 0 saturated heterocycles. The Morgan fingerprint density at radius 3 is 2.84 bits per heavy atom. The lowest BCUT2D eigenvalue weighted by Gasteiger charge is -2.08. The first kappa shape index (κ1) is 12.7. The Bertz CT molecular complexity index is 637. The van der Waals surface area contributed by atoms with Crippen LogP contribution in [0.15, 0.2) is 36.5 Å². The van der Waals surface area contributed by atoms with E-state index in [-0.39, 0.29) is 11.8 Å². The highest BCUT2D eigenvalue weighted by Gasteiger charge is 2.56. The van der Waals surface area contributed by atoms with E-state index in [1.807, 2.05) is 30.3 Å². The monoisotopic (exact) mass is 294 g/mol. The van der Waals surface area contributed by atoms with Crippen LogP contribution in [0.25, 0.3) is 10.9 Å². The number of halogens is 2. The second-order valence-electron chi connectivity index (χ2n) is 4.72. The van der Waals surface area contributed by atoms with Crippen molar-refractivity contribution in [2.24, 2.45) is 5.92 Å². The van der Waals surface area contributed by atoms with Crippen LogP contribution in [0.2, 0.25) is 0 Å². The number of hydrogen-bond acceptors (Lipinski definition) is 2. The minimum atomic E-state index is -0.871. The Labute approximate surface area is 120 Å². The summed E-state index contributed by atoms with van der Waals surface area (Å²) in [6.45, 7) is 0.461. The van der Waals surface area contributed by atoms with Gasteiger partial charge in [-0.25, -0.2) is 0 Å². The summed E-state index contributed by atoms with van der Waals surface area (Å²) in [7, 11) is 0. The van der Waals surface area contributed by atoms with E-state index in [2.05, 4.69) is 10.3 Å². The molecular formula is C14H12Cl2N2O. The number of carbonyl (C=O) groups excluding carboxylic acids is 1. The van der Waals surface area contributed by atoms with Gasteiger partial charge in [0.05, 0.1) is 11.4 Å². The number of alkyl halides is 2. The van der Waals surface area contributed by atoms with Gasteiger partial charge in [-0.1, -0.05) is 18.2 Å². The first-order valence-corrected chi connectivity index (χ1v) is 6.82. The van der Waals surface area contributed by atoms with Crippen molar-refractivity contribution < 1.29 is 4.79 Å². The van der Waals surface area contributed by atoms with Gasteiger partial charge in [0.1, 0.15) is 4.33 Å². The molecule has 1 saturated carbocycles. The summed E-state index contributed by atoms with van der Waals surface area (Å²) < 4.78 is -0.871. The molecule has 1 unspecified atom stereocenters. The number of nitrogens with zero attached hydrogens (tertiary/aromatic N) is 1. The van der Waals surface area contributed by atoms with Crippen molar-refractivity contribution in [3.8, 4) is 0 Å². The standard InChI is InChI=1S/C14H12Cl2N2O/c15-14(16)7-11(14)13(19)18-8-9-5-6-17-12-4-2-1-3-10(9)12/h1-6,11H,7-8H2,(H,18,19). The highest BCUT2D eigenvalue weighted by atomic mass is 35.5. The number of amides is 1. The van der Waals surface area contributed by atoms with Gasteiger partial charge in [0.15, 0.2) is 0 Å². The van der Waals surface area contributed by atoms with Crippen LogP contribution in [-0.4, -0.2) is 15.2 Å². The third kappa shape index (κ3) is 2.53. The summed E-state index contributed by atoms with van der Waals surface area (Å²) in [4.78, 5) is 16.1. The minimum absolute atomic E-state index is 0.0918. The van der Waals surface area contributed by atoms with Gasteiger partial charge in [-0.2, -0.15) is 0 Å². The molecule has 0 bridgehead atoms. The lowest BCUT2D eigenvalue weighted by molar-refractivity contribution is -0.122. The molecule has 3 rings (SSSR count). The number of fused-ring (bicyclic) bond motifs is 1. The van der Waals surface area contributed by atoms with Gasteiger partial charge < -0.3 is 5.32 Å². The lowest BCUT2D eigenvalue weighted by Crippen LogP contribution is -2.26. The maximum absolute atomic E-state index is 11.8. The van der Waals surface area contributed by atoms with Crippen LogP contribution >= 0.6 is 23.2 Å². The molecule has 1 aliphatic rings. The van der Waals surface area contributed by atoms with Crippen LogP contribution in [0.3, 0.4) is 0 Å². The van der Waals surface area contributed by atoms with Gasteiger partial charge in [-0.15, -0.1) is 23.2 Å². The smallest absolute Gasteiger partial charge is 0.226 e. The summed E-state index contributed by atoms with van der Waals surface area (Å²) >= 11 is 11.7. The highest BCUT2D eigenvalue weighted by molar-refractivity contribution is 6.52. The van der Waals surface area contributed by atoms with Crippen molar-refractivity contribution in [1.82, 2.24) is 10.3 Å². The Kier molecular flexibility index (Phi) is 3.11. The zero-order chi connectivity index (χ0) is 13.5. The molecule has 0 spiro atoms. The van der Waals surface area contributed by atoms with E-state index in [1.165, 1.54) is 0 Å². The van der Waals surface area contributed by atoms with E-state index < -0.39 is 4.33 Å². The Balaban J connectivity index is 1.74. The largest absolute Gasteiger partial charge is 0.352 e. The molecular weight excluding hydrogens is 283 g/mol. The topological polar surface area (TPSA) is 42.0 Å². The predicted octanol–water partition coefficient (Wildman–Crippen LogP) is 3.04. The van der Waals surface area contributed by atoms with Crippen LogP contribution in [-0.2, 0) is 11.3 Å². The fourth-order valence-electron chi connectivity index (χ4n) is 2.11. The maximum atomic E-state index is 11.8. The molecule has 0 aliphatic heterocycles. The van der Waals surface area contributed by atoms with E-state index in [1.54, 1.807) is 6.20 Å². The molecule has 1 aromatic heterocycles. The quantitative estimate of drug-likeness (QED) is 0.884. The molecule has 1 atom stereocenters. The third-order valence-corrected chi connectivity index (χ3v) is 4.17. The molecule has 1 N–H and O–H groups in total. The van der Waals surface area contributed by atoms with E-state index in [4.69, 9.17) is 23.2 Å². The summed E-state index contributed by atoms with van der Waals surface area (Å²) in [6, 6.07) is 9.75.